The van der Waals surface area contributed by atoms with Crippen molar-refractivity contribution in [2.75, 3.05) is 19.6 Å². The van der Waals surface area contributed by atoms with E-state index < -0.39 is 0 Å². The summed E-state index contributed by atoms with van der Waals surface area (Å²) in [6, 6.07) is 169. The van der Waals surface area contributed by atoms with Crippen molar-refractivity contribution in [2.24, 2.45) is 0 Å². The zero-order chi connectivity index (χ0) is 87.4. The maximum atomic E-state index is 2.45. The highest BCUT2D eigenvalue weighted by Crippen LogP contribution is 2.57. The normalized spacial score (nSPS) is 13.2. The van der Waals surface area contributed by atoms with Gasteiger partial charge in [0.1, 0.15) is 0 Å². The van der Waals surface area contributed by atoms with Crippen molar-refractivity contribution in [3.8, 4) is 77.9 Å². The van der Waals surface area contributed by atoms with Gasteiger partial charge in [-0.2, -0.15) is 0 Å². The van der Waals surface area contributed by atoms with E-state index in [9.17, 15) is 0 Å². The predicted octanol–water partition coefficient (Wildman–Crippen LogP) is 35.5. The van der Waals surface area contributed by atoms with Gasteiger partial charge in [0.05, 0.1) is 5.69 Å². The van der Waals surface area contributed by atoms with Crippen LogP contribution in [-0.4, -0.2) is 0 Å². The molecule has 0 bridgehead atoms. The van der Waals surface area contributed by atoms with E-state index in [1.165, 1.54) is 153 Å². The number of para-hydroxylation sites is 1. The van der Waals surface area contributed by atoms with Gasteiger partial charge in [-0.05, 0) is 273 Å². The second-order valence-electron chi connectivity index (χ2n) is 36.3. The van der Waals surface area contributed by atoms with Crippen LogP contribution in [0.15, 0.2) is 461 Å². The molecule has 1 heterocycles. The second kappa shape index (κ2) is 32.0. The minimum absolute atomic E-state index is 0.100. The Morgan fingerprint density at radius 2 is 0.469 bits per heavy atom. The Kier molecular flexibility index (Phi) is 19.5. The fourth-order valence-electron chi connectivity index (χ4n) is 21.0. The highest BCUT2D eigenvalue weighted by atomic mass is 32.1. The fraction of sp³-hybridized carbons (Fsp3) is 0.0720. The van der Waals surface area contributed by atoms with E-state index in [1.807, 2.05) is 11.3 Å². The maximum Gasteiger partial charge on any atom is 0.0543 e. The third kappa shape index (κ3) is 13.7. The summed E-state index contributed by atoms with van der Waals surface area (Å²) in [6.07, 6.45) is 0. The summed E-state index contributed by atoms with van der Waals surface area (Å²) in [6.45, 7) is 14.2. The summed E-state index contributed by atoms with van der Waals surface area (Å²) in [4.78, 5) is 9.63. The van der Waals surface area contributed by atoms with Crippen LogP contribution < -0.4 is 19.6 Å². The minimum Gasteiger partial charge on any atom is -0.311 e. The first-order chi connectivity index (χ1) is 63.7. The van der Waals surface area contributed by atoms with E-state index >= 15 is 0 Å². The molecular formula is C125H94N4S. The molecule has 4 nitrogen and oxygen atoms in total. The molecule has 0 atom stereocenters. The number of nitrogens with zero attached hydrogens (tertiary/aromatic N) is 4. The molecule has 24 rings (SSSR count). The van der Waals surface area contributed by atoms with E-state index in [-0.39, 0.29) is 16.2 Å². The molecule has 0 saturated carbocycles. The van der Waals surface area contributed by atoms with Crippen molar-refractivity contribution in [3.05, 3.63) is 494 Å². The lowest BCUT2D eigenvalue weighted by Crippen LogP contribution is -2.17. The summed E-state index contributed by atoms with van der Waals surface area (Å²) < 4.78 is 2.61. The maximum absolute atomic E-state index is 2.45. The molecule has 20 aromatic carbocycles. The van der Waals surface area contributed by atoms with Gasteiger partial charge in [0, 0.05) is 104 Å². The van der Waals surface area contributed by atoms with Crippen LogP contribution in [0.3, 0.4) is 0 Å². The Labute approximate surface area is 765 Å². The average molecular weight is 1680 g/mol. The Balaban J connectivity index is 0.000000148. The number of thiophene rings is 1. The first kappa shape index (κ1) is 79.0. The molecule has 0 amide bonds. The van der Waals surface area contributed by atoms with Crippen molar-refractivity contribution in [1.29, 1.82) is 0 Å². The average Bonchev–Trinajstić information content (AvgIpc) is 1.52. The second-order valence-corrected chi connectivity index (χ2v) is 37.4. The Bertz CT molecular complexity index is 7810. The monoisotopic (exact) mass is 1680 g/mol. The number of rotatable bonds is 16. The lowest BCUT2D eigenvalue weighted by atomic mass is 9.81. The number of fused-ring (bicyclic) bond motifs is 15. The summed E-state index contributed by atoms with van der Waals surface area (Å²) >= 11 is 1.87. The van der Waals surface area contributed by atoms with Crippen molar-refractivity contribution in [3.63, 3.8) is 0 Å². The first-order valence-electron chi connectivity index (χ1n) is 45.2. The van der Waals surface area contributed by atoms with Crippen LogP contribution in [0.4, 0.5) is 68.2 Å². The van der Waals surface area contributed by atoms with Crippen molar-refractivity contribution < 1.29 is 0 Å². The minimum atomic E-state index is -0.129. The zero-order valence-electron chi connectivity index (χ0n) is 73.6. The molecule has 0 aliphatic heterocycles. The highest BCUT2D eigenvalue weighted by Gasteiger charge is 2.40. The van der Waals surface area contributed by atoms with Crippen LogP contribution in [-0.2, 0) is 16.2 Å². The quantitative estimate of drug-likeness (QED) is 0.0956. The topological polar surface area (TPSA) is 13.0 Å². The number of hydrogen-bond donors (Lipinski definition) is 0. The van der Waals surface area contributed by atoms with Gasteiger partial charge in [-0.3, -0.25) is 0 Å². The van der Waals surface area contributed by atoms with Gasteiger partial charge in [0.2, 0.25) is 0 Å². The van der Waals surface area contributed by atoms with Crippen LogP contribution in [0.1, 0.15) is 74.9 Å². The molecule has 3 aliphatic rings. The van der Waals surface area contributed by atoms with Crippen LogP contribution in [0, 0.1) is 0 Å². The molecule has 0 unspecified atom stereocenters. The molecule has 1 aromatic heterocycles. The van der Waals surface area contributed by atoms with Gasteiger partial charge in [0.15, 0.2) is 0 Å². The third-order valence-corrected chi connectivity index (χ3v) is 28.9. The summed E-state index contributed by atoms with van der Waals surface area (Å²) in [7, 11) is 0. The van der Waals surface area contributed by atoms with Crippen LogP contribution in [0.2, 0.25) is 0 Å². The molecule has 0 fully saturated rings. The lowest BCUT2D eigenvalue weighted by Gasteiger charge is -2.30. The van der Waals surface area contributed by atoms with Crippen LogP contribution in [0.5, 0.6) is 0 Å². The molecule has 0 saturated heterocycles. The van der Waals surface area contributed by atoms with Gasteiger partial charge >= 0.3 is 0 Å². The van der Waals surface area contributed by atoms with Gasteiger partial charge in [-0.1, -0.05) is 357 Å². The van der Waals surface area contributed by atoms with Crippen molar-refractivity contribution in [1.82, 2.24) is 0 Å². The molecule has 5 heteroatoms. The van der Waals surface area contributed by atoms with E-state index in [0.29, 0.717) is 0 Å². The van der Waals surface area contributed by atoms with Crippen LogP contribution >= 0.6 is 11.3 Å². The molecule has 0 radical (unpaired) electrons. The number of hydrogen-bond acceptors (Lipinski definition) is 5. The van der Waals surface area contributed by atoms with Gasteiger partial charge in [-0.15, -0.1) is 11.3 Å². The first-order valence-corrected chi connectivity index (χ1v) is 46.1. The standard InChI is InChI=1S/C64H48N2S.C61H46N2/c1-63(2)57-18-10-7-15-51(57)53-34-31-48(38-59(53)63)65(47-30-25-41-13-5-6-14-44(41)37-47)45-26-21-42(22-27-45)43-23-28-46(29-24-43)66(50-33-36-56-55-17-9-12-20-61(55)67-62(56)40-50)49-32-35-54-52-16-8-11-19-58(52)64(3,4)60(54)39-49;1-61(2)57-25-15-14-24-56(57)60-55-23-13-12-22-54(55)59(42-58(60)61)63(49-20-10-5-11-21-49)53-40-32-48(33-41-53)47-30-38-52(39-31-47)62(50-34-26-45(27-35-50)43-16-6-3-7-17-43)51-36-28-46(29-37-51)44-18-8-4-9-19-44/h5-40H,1-4H3;3-42H,1-2H3. The summed E-state index contributed by atoms with van der Waals surface area (Å²) in [5, 5.41) is 7.60. The largest absolute Gasteiger partial charge is 0.311 e. The zero-order valence-corrected chi connectivity index (χ0v) is 74.4. The Hall–Kier alpha value is -15.7. The Morgan fingerprint density at radius 1 is 0.169 bits per heavy atom. The molecule has 0 N–H and O–H groups in total. The lowest BCUT2D eigenvalue weighted by molar-refractivity contribution is 0.660. The SMILES string of the molecule is CC1(C)c2ccccc2-c2c1cc(N(c1ccccc1)c1ccc(-c3ccc(N(c4ccc(-c5ccccc5)cc4)c4ccc(-c5ccccc5)cc4)cc3)cc1)c1ccccc21.CC1(C)c2ccccc2-c2ccc(N(c3ccc(-c4ccc(N(c5ccc6c(c5)C(C)(C)c5ccccc5-6)c5ccc6c(c5)sc5ccccc56)cc4)cc3)c3ccc4ccccc4c3)cc21. The molecule has 21 aromatic rings. The molecule has 130 heavy (non-hydrogen) atoms. The van der Waals surface area contributed by atoms with E-state index in [0.717, 1.165) is 68.1 Å². The molecule has 0 spiro atoms. The predicted molar refractivity (Wildman–Crippen MR) is 554 cm³/mol. The molecule has 3 aliphatic carbocycles. The van der Waals surface area contributed by atoms with Gasteiger partial charge in [0.25, 0.3) is 0 Å². The summed E-state index contributed by atoms with van der Waals surface area (Å²) in [5.41, 5.74) is 39.0. The van der Waals surface area contributed by atoms with E-state index in [2.05, 4.69) is 522 Å². The van der Waals surface area contributed by atoms with Gasteiger partial charge in [-0.25, -0.2) is 0 Å². The number of anilines is 12. The van der Waals surface area contributed by atoms with Crippen LogP contribution in [0.25, 0.3) is 120 Å². The van der Waals surface area contributed by atoms with E-state index in [1.54, 1.807) is 0 Å². The molecular weight excluding hydrogens is 1590 g/mol. The molecule has 620 valence electrons. The summed E-state index contributed by atoms with van der Waals surface area (Å²) in [5.74, 6) is 0. The smallest absolute Gasteiger partial charge is 0.0543 e. The fourth-order valence-corrected chi connectivity index (χ4v) is 22.1. The Morgan fingerprint density at radius 3 is 0.946 bits per heavy atom. The van der Waals surface area contributed by atoms with Crippen molar-refractivity contribution >= 4 is 121 Å². The van der Waals surface area contributed by atoms with Crippen molar-refractivity contribution in [2.45, 2.75) is 57.8 Å². The van der Waals surface area contributed by atoms with Gasteiger partial charge < -0.3 is 19.6 Å². The third-order valence-electron chi connectivity index (χ3n) is 27.7. The number of benzene rings is 20. The highest BCUT2D eigenvalue weighted by molar-refractivity contribution is 7.25. The van der Waals surface area contributed by atoms with E-state index in [4.69, 9.17) is 0 Å².